The van der Waals surface area contributed by atoms with Crippen LogP contribution in [0.25, 0.3) is 10.9 Å². The fourth-order valence-corrected chi connectivity index (χ4v) is 2.10. The van der Waals surface area contributed by atoms with Gasteiger partial charge in [0, 0.05) is 22.7 Å². The van der Waals surface area contributed by atoms with Crippen LogP contribution in [0, 0.1) is 0 Å². The number of aromatic nitrogens is 1. The maximum absolute atomic E-state index is 11.0. The van der Waals surface area contributed by atoms with Gasteiger partial charge < -0.3 is 20.5 Å². The first kappa shape index (κ1) is 10.4. The first-order valence-corrected chi connectivity index (χ1v) is 6.05. The van der Waals surface area contributed by atoms with Crippen molar-refractivity contribution >= 4 is 18.5 Å². The van der Waals surface area contributed by atoms with Crippen molar-refractivity contribution in [2.45, 2.75) is 5.78 Å². The SMILES string of the molecule is NC(c1c[nH]c2ccccc12)P(=O)(O)O. The van der Waals surface area contributed by atoms with Gasteiger partial charge in [-0.15, -0.1) is 0 Å². The van der Waals surface area contributed by atoms with Gasteiger partial charge in [0.15, 0.2) is 0 Å². The van der Waals surface area contributed by atoms with E-state index in [1.165, 1.54) is 6.20 Å². The fraction of sp³-hybridized carbons (Fsp3) is 0.111. The van der Waals surface area contributed by atoms with Crippen molar-refractivity contribution in [1.29, 1.82) is 0 Å². The molecule has 1 aromatic heterocycles. The number of para-hydroxylation sites is 1. The molecule has 0 fully saturated rings. The van der Waals surface area contributed by atoms with Crippen LogP contribution in [0.3, 0.4) is 0 Å². The Morgan fingerprint density at radius 3 is 2.67 bits per heavy atom. The molecular formula is C9H11N2O3P. The highest BCUT2D eigenvalue weighted by Gasteiger charge is 2.28. The number of hydrogen-bond acceptors (Lipinski definition) is 2. The third-order valence-electron chi connectivity index (χ3n) is 2.30. The van der Waals surface area contributed by atoms with E-state index >= 15 is 0 Å². The Bertz CT molecular complexity index is 531. The zero-order valence-corrected chi connectivity index (χ0v) is 8.69. The minimum atomic E-state index is -4.29. The summed E-state index contributed by atoms with van der Waals surface area (Å²) in [6.07, 6.45) is 1.54. The fourth-order valence-electron chi connectivity index (χ4n) is 1.52. The van der Waals surface area contributed by atoms with E-state index in [0.29, 0.717) is 5.56 Å². The zero-order chi connectivity index (χ0) is 11.1. The van der Waals surface area contributed by atoms with Gasteiger partial charge in [-0.2, -0.15) is 0 Å². The Kier molecular flexibility index (Phi) is 2.40. The van der Waals surface area contributed by atoms with Crippen LogP contribution in [0.4, 0.5) is 0 Å². The summed E-state index contributed by atoms with van der Waals surface area (Å²) in [6.45, 7) is 0. The molecule has 1 atom stereocenters. The molecule has 6 heteroatoms. The number of H-pyrrole nitrogens is 1. The molecule has 0 amide bonds. The molecule has 0 saturated carbocycles. The van der Waals surface area contributed by atoms with Crippen molar-refractivity contribution in [2.75, 3.05) is 0 Å². The Hall–Kier alpha value is -1.13. The number of aromatic amines is 1. The lowest BCUT2D eigenvalue weighted by Gasteiger charge is -2.12. The van der Waals surface area contributed by atoms with Gasteiger partial charge in [0.25, 0.3) is 0 Å². The highest BCUT2D eigenvalue weighted by atomic mass is 31.2. The predicted molar refractivity (Wildman–Crippen MR) is 57.3 cm³/mol. The first-order valence-electron chi connectivity index (χ1n) is 4.37. The summed E-state index contributed by atoms with van der Waals surface area (Å²) in [5, 5.41) is 0.744. The van der Waals surface area contributed by atoms with Gasteiger partial charge >= 0.3 is 7.60 Å². The third kappa shape index (κ3) is 1.82. The summed E-state index contributed by atoms with van der Waals surface area (Å²) in [5.41, 5.74) is 6.76. The molecule has 0 radical (unpaired) electrons. The molecule has 0 spiro atoms. The second kappa shape index (κ2) is 3.47. The van der Waals surface area contributed by atoms with Crippen LogP contribution in [-0.2, 0) is 4.57 Å². The average molecular weight is 226 g/mol. The monoisotopic (exact) mass is 226 g/mol. The van der Waals surface area contributed by atoms with Crippen molar-refractivity contribution in [3.63, 3.8) is 0 Å². The van der Waals surface area contributed by atoms with Gasteiger partial charge in [-0.3, -0.25) is 4.57 Å². The van der Waals surface area contributed by atoms with Crippen molar-refractivity contribution in [3.05, 3.63) is 36.0 Å². The molecule has 2 rings (SSSR count). The maximum Gasteiger partial charge on any atom is 0.346 e. The lowest BCUT2D eigenvalue weighted by Crippen LogP contribution is -2.09. The second-order valence-electron chi connectivity index (χ2n) is 3.32. The maximum atomic E-state index is 11.0. The number of benzene rings is 1. The molecule has 0 saturated heterocycles. The molecule has 80 valence electrons. The number of nitrogens with two attached hydrogens (primary N) is 1. The van der Waals surface area contributed by atoms with E-state index in [0.717, 1.165) is 10.9 Å². The molecule has 1 unspecified atom stereocenters. The normalized spacial score (nSPS) is 14.3. The molecule has 1 aromatic carbocycles. The van der Waals surface area contributed by atoms with Gasteiger partial charge in [0.1, 0.15) is 5.78 Å². The van der Waals surface area contributed by atoms with E-state index in [1.807, 2.05) is 12.1 Å². The van der Waals surface area contributed by atoms with Gasteiger partial charge in [0.2, 0.25) is 0 Å². The summed E-state index contributed by atoms with van der Waals surface area (Å²) in [7, 11) is -4.29. The summed E-state index contributed by atoms with van der Waals surface area (Å²) in [6, 6.07) is 7.24. The first-order chi connectivity index (χ1) is 7.00. The van der Waals surface area contributed by atoms with E-state index in [4.69, 9.17) is 15.5 Å². The van der Waals surface area contributed by atoms with Gasteiger partial charge in [-0.05, 0) is 6.07 Å². The number of nitrogens with one attached hydrogen (secondary N) is 1. The Labute approximate surface area is 86.1 Å². The number of rotatable bonds is 2. The predicted octanol–water partition coefficient (Wildman–Crippen LogP) is 1.30. The van der Waals surface area contributed by atoms with Crippen molar-refractivity contribution in [3.8, 4) is 0 Å². The van der Waals surface area contributed by atoms with Crippen molar-refractivity contribution in [2.24, 2.45) is 5.73 Å². The van der Waals surface area contributed by atoms with Gasteiger partial charge in [0.05, 0.1) is 0 Å². The third-order valence-corrected chi connectivity index (χ3v) is 3.31. The minimum Gasteiger partial charge on any atom is -0.361 e. The van der Waals surface area contributed by atoms with E-state index in [9.17, 15) is 4.57 Å². The lowest BCUT2D eigenvalue weighted by atomic mass is 10.2. The molecule has 15 heavy (non-hydrogen) atoms. The van der Waals surface area contributed by atoms with Crippen LogP contribution in [0.2, 0.25) is 0 Å². The van der Waals surface area contributed by atoms with Crippen molar-refractivity contribution in [1.82, 2.24) is 4.98 Å². The average Bonchev–Trinajstić information content (AvgIpc) is 2.58. The standard InChI is InChI=1S/C9H11N2O3P/c10-9(15(12,13)14)7-5-11-8-4-2-1-3-6(7)8/h1-5,9,11H,10H2,(H2,12,13,14). The molecule has 0 bridgehead atoms. The van der Waals surface area contributed by atoms with E-state index in [2.05, 4.69) is 4.98 Å². The van der Waals surface area contributed by atoms with Gasteiger partial charge in [-0.25, -0.2) is 0 Å². The van der Waals surface area contributed by atoms with E-state index in [-0.39, 0.29) is 0 Å². The molecule has 0 aliphatic rings. The zero-order valence-electron chi connectivity index (χ0n) is 7.79. The Morgan fingerprint density at radius 2 is 2.00 bits per heavy atom. The van der Waals surface area contributed by atoms with Crippen molar-refractivity contribution < 1.29 is 14.4 Å². The molecule has 5 N–H and O–H groups in total. The summed E-state index contributed by atoms with van der Waals surface area (Å²) in [4.78, 5) is 20.9. The lowest BCUT2D eigenvalue weighted by molar-refractivity contribution is 0.360. The molecule has 5 nitrogen and oxygen atoms in total. The highest BCUT2D eigenvalue weighted by Crippen LogP contribution is 2.49. The van der Waals surface area contributed by atoms with Crippen LogP contribution >= 0.6 is 7.60 Å². The van der Waals surface area contributed by atoms with Crippen LogP contribution in [0.1, 0.15) is 11.3 Å². The van der Waals surface area contributed by atoms with Crippen LogP contribution in [0.15, 0.2) is 30.5 Å². The largest absolute Gasteiger partial charge is 0.361 e. The molecule has 0 aliphatic heterocycles. The summed E-state index contributed by atoms with van der Waals surface area (Å²) < 4.78 is 11.0. The number of fused-ring (bicyclic) bond motifs is 1. The summed E-state index contributed by atoms with van der Waals surface area (Å²) >= 11 is 0. The minimum absolute atomic E-state index is 0.443. The molecule has 2 aromatic rings. The Balaban J connectivity index is 2.58. The Morgan fingerprint density at radius 1 is 1.33 bits per heavy atom. The summed E-state index contributed by atoms with van der Waals surface area (Å²) in [5.74, 6) is -1.27. The smallest absolute Gasteiger partial charge is 0.346 e. The molecule has 0 aliphatic carbocycles. The van der Waals surface area contributed by atoms with Crippen LogP contribution < -0.4 is 5.73 Å². The second-order valence-corrected chi connectivity index (χ2v) is 5.06. The topological polar surface area (TPSA) is 99.3 Å². The van der Waals surface area contributed by atoms with E-state index < -0.39 is 13.4 Å². The molecular weight excluding hydrogens is 215 g/mol. The van der Waals surface area contributed by atoms with Gasteiger partial charge in [-0.1, -0.05) is 18.2 Å². The molecule has 1 heterocycles. The van der Waals surface area contributed by atoms with E-state index in [1.54, 1.807) is 12.1 Å². The van der Waals surface area contributed by atoms with Crippen LogP contribution in [-0.4, -0.2) is 14.8 Å². The number of hydrogen-bond donors (Lipinski definition) is 4. The highest BCUT2D eigenvalue weighted by molar-refractivity contribution is 7.52. The quantitative estimate of drug-likeness (QED) is 0.580. The van der Waals surface area contributed by atoms with Crippen LogP contribution in [0.5, 0.6) is 0 Å².